The summed E-state index contributed by atoms with van der Waals surface area (Å²) in [5, 5.41) is 8.83. The van der Waals surface area contributed by atoms with E-state index in [0.717, 1.165) is 19.4 Å². The van der Waals surface area contributed by atoms with E-state index in [0.29, 0.717) is 12.1 Å². The number of Topliss-reactive ketones (excluding diaryl/α,β-unsaturated/α-hetero) is 1. The molecular formula is C14H17NO3. The second-order valence-corrected chi connectivity index (χ2v) is 4.65. The lowest BCUT2D eigenvalue weighted by Crippen LogP contribution is -2.35. The fourth-order valence-electron chi connectivity index (χ4n) is 2.44. The van der Waals surface area contributed by atoms with Crippen LogP contribution in [0.5, 0.6) is 0 Å². The fourth-order valence-corrected chi connectivity index (χ4v) is 2.44. The molecule has 1 atom stereocenters. The number of ketones is 1. The summed E-state index contributed by atoms with van der Waals surface area (Å²) >= 11 is 0. The van der Waals surface area contributed by atoms with E-state index in [1.165, 1.54) is 0 Å². The summed E-state index contributed by atoms with van der Waals surface area (Å²) in [6.45, 7) is 1.14. The quantitative estimate of drug-likeness (QED) is 0.806. The van der Waals surface area contributed by atoms with Crippen LogP contribution in [0.4, 0.5) is 0 Å². The van der Waals surface area contributed by atoms with Gasteiger partial charge in [0.2, 0.25) is 0 Å². The third-order valence-corrected chi connectivity index (χ3v) is 3.35. The third-order valence-electron chi connectivity index (χ3n) is 3.35. The van der Waals surface area contributed by atoms with Crippen LogP contribution in [-0.2, 0) is 4.79 Å². The minimum absolute atomic E-state index is 0.00941. The number of carboxylic acids is 1. The second kappa shape index (κ2) is 5.78. The highest BCUT2D eigenvalue weighted by Crippen LogP contribution is 2.20. The third kappa shape index (κ3) is 3.17. The van der Waals surface area contributed by atoms with Gasteiger partial charge in [0.15, 0.2) is 5.78 Å². The van der Waals surface area contributed by atoms with E-state index in [2.05, 4.69) is 0 Å². The molecule has 1 aliphatic heterocycles. The predicted molar refractivity (Wildman–Crippen MR) is 67.6 cm³/mol. The van der Waals surface area contributed by atoms with Crippen molar-refractivity contribution in [1.29, 1.82) is 0 Å². The maximum Gasteiger partial charge on any atom is 0.304 e. The Bertz CT molecular complexity index is 430. The summed E-state index contributed by atoms with van der Waals surface area (Å²) in [6.07, 6.45) is 1.97. The Balaban J connectivity index is 1.96. The van der Waals surface area contributed by atoms with Gasteiger partial charge in [-0.15, -0.1) is 0 Å². The van der Waals surface area contributed by atoms with Crippen molar-refractivity contribution in [2.24, 2.45) is 0 Å². The molecule has 1 aromatic rings. The van der Waals surface area contributed by atoms with Crippen LogP contribution in [-0.4, -0.2) is 40.9 Å². The molecule has 0 radical (unpaired) electrons. The first-order valence-corrected chi connectivity index (χ1v) is 6.21. The van der Waals surface area contributed by atoms with E-state index in [4.69, 9.17) is 5.11 Å². The highest BCUT2D eigenvalue weighted by Gasteiger charge is 2.28. The predicted octanol–water partition coefficient (Wildman–Crippen LogP) is 1.81. The number of aliphatic carboxylic acids is 1. The zero-order valence-corrected chi connectivity index (χ0v) is 10.2. The molecule has 1 N–H and O–H groups in total. The van der Waals surface area contributed by atoms with Gasteiger partial charge < -0.3 is 5.11 Å². The van der Waals surface area contributed by atoms with Crippen LogP contribution in [0.3, 0.4) is 0 Å². The minimum Gasteiger partial charge on any atom is -0.481 e. The molecule has 1 aliphatic rings. The summed E-state index contributed by atoms with van der Waals surface area (Å²) in [7, 11) is 0. The van der Waals surface area contributed by atoms with Crippen molar-refractivity contribution >= 4 is 11.8 Å². The molecule has 0 bridgehead atoms. The maximum atomic E-state index is 12.0. The van der Waals surface area contributed by atoms with Gasteiger partial charge >= 0.3 is 5.97 Å². The van der Waals surface area contributed by atoms with Gasteiger partial charge in [0.05, 0.1) is 13.0 Å². The average Bonchev–Trinajstić information content (AvgIpc) is 2.77. The SMILES string of the molecule is O=C(O)C[C@@H]1CCCN1CC(=O)c1ccccc1. The number of benzene rings is 1. The fraction of sp³-hybridized carbons (Fsp3) is 0.429. The zero-order chi connectivity index (χ0) is 13.0. The van der Waals surface area contributed by atoms with Crippen molar-refractivity contribution < 1.29 is 14.7 Å². The summed E-state index contributed by atoms with van der Waals surface area (Å²) in [6, 6.07) is 9.16. The molecule has 0 amide bonds. The van der Waals surface area contributed by atoms with Gasteiger partial charge in [-0.1, -0.05) is 30.3 Å². The van der Waals surface area contributed by atoms with Crippen molar-refractivity contribution in [3.05, 3.63) is 35.9 Å². The van der Waals surface area contributed by atoms with Gasteiger partial charge in [0, 0.05) is 11.6 Å². The molecule has 1 aromatic carbocycles. The first kappa shape index (κ1) is 12.8. The lowest BCUT2D eigenvalue weighted by Gasteiger charge is -2.22. The Morgan fingerprint density at radius 2 is 2.00 bits per heavy atom. The average molecular weight is 247 g/mol. The van der Waals surface area contributed by atoms with E-state index < -0.39 is 5.97 Å². The molecule has 4 heteroatoms. The van der Waals surface area contributed by atoms with Crippen LogP contribution in [0.15, 0.2) is 30.3 Å². The summed E-state index contributed by atoms with van der Waals surface area (Å²) in [5.74, 6) is -0.730. The van der Waals surface area contributed by atoms with Gasteiger partial charge in [0.1, 0.15) is 0 Å². The molecule has 0 saturated carbocycles. The van der Waals surface area contributed by atoms with E-state index in [9.17, 15) is 9.59 Å². The summed E-state index contributed by atoms with van der Waals surface area (Å²) < 4.78 is 0. The Morgan fingerprint density at radius 1 is 1.28 bits per heavy atom. The van der Waals surface area contributed by atoms with Gasteiger partial charge in [0.25, 0.3) is 0 Å². The molecule has 96 valence electrons. The van der Waals surface area contributed by atoms with E-state index >= 15 is 0 Å². The molecular weight excluding hydrogens is 230 g/mol. The van der Waals surface area contributed by atoms with Crippen LogP contribution in [0.25, 0.3) is 0 Å². The molecule has 0 aromatic heterocycles. The highest BCUT2D eigenvalue weighted by molar-refractivity contribution is 5.97. The molecule has 1 heterocycles. The van der Waals surface area contributed by atoms with Crippen molar-refractivity contribution in [1.82, 2.24) is 4.90 Å². The van der Waals surface area contributed by atoms with Crippen molar-refractivity contribution in [3.63, 3.8) is 0 Å². The lowest BCUT2D eigenvalue weighted by atomic mass is 10.1. The van der Waals surface area contributed by atoms with Gasteiger partial charge in [-0.2, -0.15) is 0 Å². The molecule has 0 unspecified atom stereocenters. The molecule has 4 nitrogen and oxygen atoms in total. The lowest BCUT2D eigenvalue weighted by molar-refractivity contribution is -0.138. The summed E-state index contributed by atoms with van der Waals surface area (Å²) in [4.78, 5) is 24.8. The Kier molecular flexibility index (Phi) is 4.10. The van der Waals surface area contributed by atoms with Crippen molar-refractivity contribution in [2.75, 3.05) is 13.1 Å². The number of nitrogens with zero attached hydrogens (tertiary/aromatic N) is 1. The number of likely N-dealkylation sites (tertiary alicyclic amines) is 1. The highest BCUT2D eigenvalue weighted by atomic mass is 16.4. The molecule has 0 aliphatic carbocycles. The molecule has 18 heavy (non-hydrogen) atoms. The number of carboxylic acid groups (broad SMARTS) is 1. The van der Waals surface area contributed by atoms with Crippen molar-refractivity contribution in [2.45, 2.75) is 25.3 Å². The van der Waals surface area contributed by atoms with E-state index in [1.807, 2.05) is 23.1 Å². The van der Waals surface area contributed by atoms with Gasteiger partial charge in [-0.3, -0.25) is 14.5 Å². The second-order valence-electron chi connectivity index (χ2n) is 4.65. The number of rotatable bonds is 5. The van der Waals surface area contributed by atoms with Gasteiger partial charge in [-0.05, 0) is 19.4 Å². The first-order valence-electron chi connectivity index (χ1n) is 6.21. The summed E-state index contributed by atoms with van der Waals surface area (Å²) in [5.41, 5.74) is 0.693. The van der Waals surface area contributed by atoms with Crippen LogP contribution < -0.4 is 0 Å². The largest absolute Gasteiger partial charge is 0.481 e. The molecule has 0 spiro atoms. The smallest absolute Gasteiger partial charge is 0.304 e. The standard InChI is InChI=1S/C14H17NO3/c16-13(11-5-2-1-3-6-11)10-15-8-4-7-12(15)9-14(17)18/h1-3,5-6,12H,4,7-10H2,(H,17,18)/t12-/m0/s1. The van der Waals surface area contributed by atoms with Crippen LogP contribution in [0.2, 0.25) is 0 Å². The number of hydrogen-bond donors (Lipinski definition) is 1. The molecule has 1 saturated heterocycles. The molecule has 2 rings (SSSR count). The van der Waals surface area contributed by atoms with E-state index in [-0.39, 0.29) is 18.2 Å². The Hall–Kier alpha value is -1.68. The van der Waals surface area contributed by atoms with Crippen LogP contribution >= 0.6 is 0 Å². The number of hydrogen-bond acceptors (Lipinski definition) is 3. The van der Waals surface area contributed by atoms with E-state index in [1.54, 1.807) is 12.1 Å². The zero-order valence-electron chi connectivity index (χ0n) is 10.2. The number of carbonyl (C=O) groups excluding carboxylic acids is 1. The normalized spacial score (nSPS) is 19.9. The molecule has 1 fully saturated rings. The number of carbonyl (C=O) groups is 2. The van der Waals surface area contributed by atoms with Gasteiger partial charge in [-0.25, -0.2) is 0 Å². The minimum atomic E-state index is -0.793. The maximum absolute atomic E-state index is 12.0. The Morgan fingerprint density at radius 3 is 2.67 bits per heavy atom. The first-order chi connectivity index (χ1) is 8.66. The van der Waals surface area contributed by atoms with Crippen LogP contribution in [0, 0.1) is 0 Å². The monoisotopic (exact) mass is 247 g/mol. The topological polar surface area (TPSA) is 57.6 Å². The van der Waals surface area contributed by atoms with Crippen molar-refractivity contribution in [3.8, 4) is 0 Å². The van der Waals surface area contributed by atoms with Crippen LogP contribution in [0.1, 0.15) is 29.6 Å². The Labute approximate surface area is 106 Å².